The van der Waals surface area contributed by atoms with Crippen LogP contribution in [-0.4, -0.2) is 42.5 Å². The number of aryl methyl sites for hydroxylation is 1. The Balaban J connectivity index is 1.55. The van der Waals surface area contributed by atoms with Crippen molar-refractivity contribution in [2.24, 2.45) is 4.99 Å². The molecule has 0 saturated carbocycles. The molecule has 0 fully saturated rings. The van der Waals surface area contributed by atoms with E-state index >= 15 is 0 Å². The lowest BCUT2D eigenvalue weighted by Crippen LogP contribution is -2.36. The van der Waals surface area contributed by atoms with Crippen molar-refractivity contribution in [1.82, 2.24) is 15.2 Å². The summed E-state index contributed by atoms with van der Waals surface area (Å²) < 4.78 is 0. The first-order valence-corrected chi connectivity index (χ1v) is 8.42. The number of nitrogens with one attached hydrogen (secondary N) is 1. The summed E-state index contributed by atoms with van der Waals surface area (Å²) in [5, 5.41) is 6.66. The van der Waals surface area contributed by atoms with Gasteiger partial charge in [0.2, 0.25) is 0 Å². The minimum Gasteiger partial charge on any atom is -0.356 e. The van der Waals surface area contributed by atoms with Crippen LogP contribution in [0.5, 0.6) is 0 Å². The molecule has 0 radical (unpaired) electrons. The number of hydrogen-bond donors (Lipinski definition) is 1. The molecule has 0 atom stereocenters. The Labute approximate surface area is 127 Å². The molecule has 106 valence electrons. The van der Waals surface area contributed by atoms with Gasteiger partial charge >= 0.3 is 0 Å². The molecule has 0 bridgehead atoms. The fraction of sp³-hybridized carbons (Fsp3) is 0.429. The molecule has 0 aromatic carbocycles. The van der Waals surface area contributed by atoms with Crippen LogP contribution in [0.15, 0.2) is 22.5 Å². The van der Waals surface area contributed by atoms with E-state index in [1.54, 1.807) is 11.3 Å². The molecule has 0 amide bonds. The number of likely N-dealkylation sites (N-methyl/N-ethyl adjacent to an activating group) is 1. The molecule has 6 heteroatoms. The number of thiophene rings is 1. The third-order valence-corrected chi connectivity index (χ3v) is 5.19. The van der Waals surface area contributed by atoms with Gasteiger partial charge in [-0.3, -0.25) is 4.99 Å². The maximum atomic E-state index is 4.54. The van der Waals surface area contributed by atoms with Gasteiger partial charge in [-0.2, -0.15) is 0 Å². The molecule has 1 aliphatic rings. The van der Waals surface area contributed by atoms with Crippen molar-refractivity contribution in [3.05, 3.63) is 27.4 Å². The molecule has 4 nitrogen and oxygen atoms in total. The highest BCUT2D eigenvalue weighted by molar-refractivity contribution is 7.16. The van der Waals surface area contributed by atoms with E-state index < -0.39 is 0 Å². The van der Waals surface area contributed by atoms with Crippen molar-refractivity contribution in [1.29, 1.82) is 0 Å². The Morgan fingerprint density at radius 3 is 3.00 bits per heavy atom. The van der Waals surface area contributed by atoms with Crippen LogP contribution in [0, 0.1) is 6.92 Å². The summed E-state index contributed by atoms with van der Waals surface area (Å²) >= 11 is 3.54. The Hall–Kier alpha value is -1.40. The molecule has 0 unspecified atom stereocenters. The normalized spacial score (nSPS) is 14.7. The van der Waals surface area contributed by atoms with E-state index in [1.807, 2.05) is 18.3 Å². The van der Waals surface area contributed by atoms with Crippen molar-refractivity contribution in [2.75, 3.05) is 26.7 Å². The summed E-state index contributed by atoms with van der Waals surface area (Å²) in [7, 11) is 2.08. The Morgan fingerprint density at radius 1 is 1.40 bits per heavy atom. The van der Waals surface area contributed by atoms with Crippen LogP contribution in [-0.2, 0) is 6.42 Å². The van der Waals surface area contributed by atoms with Crippen LogP contribution >= 0.6 is 22.7 Å². The van der Waals surface area contributed by atoms with Crippen LogP contribution < -0.4 is 5.32 Å². The molecule has 1 N–H and O–H groups in total. The molecule has 2 aromatic rings. The van der Waals surface area contributed by atoms with Crippen LogP contribution in [0.3, 0.4) is 0 Å². The highest BCUT2D eigenvalue weighted by atomic mass is 32.1. The van der Waals surface area contributed by atoms with E-state index in [0.717, 1.165) is 42.7 Å². The standard InChI is InChI=1S/C14H18N4S2/c1-10-17-12(9-19-10)13-4-3-11(20-13)5-6-15-14-16-7-8-18(14)2/h3-4,9H,5-8H2,1-2H3,(H,15,16). The van der Waals surface area contributed by atoms with E-state index in [0.29, 0.717) is 0 Å². The molecule has 0 aliphatic carbocycles. The number of aromatic nitrogens is 1. The van der Waals surface area contributed by atoms with Crippen LogP contribution in [0.2, 0.25) is 0 Å². The topological polar surface area (TPSA) is 40.5 Å². The molecule has 0 saturated heterocycles. The fourth-order valence-electron chi connectivity index (χ4n) is 2.15. The van der Waals surface area contributed by atoms with Crippen LogP contribution in [0.1, 0.15) is 9.88 Å². The maximum absolute atomic E-state index is 4.54. The number of aliphatic imine (C=N–C) groups is 1. The van der Waals surface area contributed by atoms with Gasteiger partial charge in [0.15, 0.2) is 5.96 Å². The van der Waals surface area contributed by atoms with Crippen molar-refractivity contribution in [3.63, 3.8) is 0 Å². The predicted octanol–water partition coefficient (Wildman–Crippen LogP) is 2.61. The molecule has 20 heavy (non-hydrogen) atoms. The zero-order valence-electron chi connectivity index (χ0n) is 11.7. The fourth-order valence-corrected chi connectivity index (χ4v) is 3.80. The largest absolute Gasteiger partial charge is 0.356 e. The van der Waals surface area contributed by atoms with E-state index in [-0.39, 0.29) is 0 Å². The zero-order chi connectivity index (χ0) is 13.9. The van der Waals surface area contributed by atoms with Crippen molar-refractivity contribution < 1.29 is 0 Å². The van der Waals surface area contributed by atoms with E-state index in [2.05, 4.69) is 44.8 Å². The summed E-state index contributed by atoms with van der Waals surface area (Å²) in [6, 6.07) is 4.38. The number of rotatable bonds is 4. The second-order valence-corrected chi connectivity index (χ2v) is 7.05. The lowest BCUT2D eigenvalue weighted by Gasteiger charge is -2.14. The number of hydrogen-bond acceptors (Lipinski definition) is 6. The second-order valence-electron chi connectivity index (χ2n) is 4.82. The van der Waals surface area contributed by atoms with Crippen LogP contribution in [0.25, 0.3) is 10.6 Å². The molecular weight excluding hydrogens is 288 g/mol. The average molecular weight is 306 g/mol. The third kappa shape index (κ3) is 3.02. The smallest absolute Gasteiger partial charge is 0.193 e. The SMILES string of the molecule is Cc1nc(-c2ccc(CCNC3=NCCN3C)s2)cs1. The lowest BCUT2D eigenvalue weighted by molar-refractivity contribution is 0.534. The minimum atomic E-state index is 0.908. The van der Waals surface area contributed by atoms with Gasteiger partial charge in [-0.1, -0.05) is 0 Å². The summed E-state index contributed by atoms with van der Waals surface area (Å²) in [6.45, 7) is 4.91. The van der Waals surface area contributed by atoms with Gasteiger partial charge in [-0.15, -0.1) is 22.7 Å². The first kappa shape index (κ1) is 13.6. The van der Waals surface area contributed by atoms with E-state index in [9.17, 15) is 0 Å². The first-order valence-electron chi connectivity index (χ1n) is 6.73. The number of guanidine groups is 1. The molecule has 1 aliphatic heterocycles. The van der Waals surface area contributed by atoms with Crippen molar-refractivity contribution in [3.8, 4) is 10.6 Å². The number of nitrogens with zero attached hydrogens (tertiary/aromatic N) is 3. The molecule has 0 spiro atoms. The lowest BCUT2D eigenvalue weighted by atomic mass is 10.3. The summed E-state index contributed by atoms with van der Waals surface area (Å²) in [5.41, 5.74) is 1.11. The maximum Gasteiger partial charge on any atom is 0.193 e. The van der Waals surface area contributed by atoms with Gasteiger partial charge in [-0.25, -0.2) is 4.98 Å². The molecule has 3 heterocycles. The molecule has 2 aromatic heterocycles. The van der Waals surface area contributed by atoms with Crippen molar-refractivity contribution in [2.45, 2.75) is 13.3 Å². The summed E-state index contributed by atoms with van der Waals surface area (Å²) in [4.78, 5) is 13.8. The van der Waals surface area contributed by atoms with Gasteiger partial charge in [0.1, 0.15) is 0 Å². The van der Waals surface area contributed by atoms with E-state index in [1.165, 1.54) is 9.75 Å². The summed E-state index contributed by atoms with van der Waals surface area (Å²) in [6.07, 6.45) is 1.03. The average Bonchev–Trinajstić information content (AvgIpc) is 3.12. The van der Waals surface area contributed by atoms with Gasteiger partial charge < -0.3 is 10.2 Å². The van der Waals surface area contributed by atoms with Gasteiger partial charge in [0.25, 0.3) is 0 Å². The number of thiazole rings is 1. The van der Waals surface area contributed by atoms with Crippen molar-refractivity contribution >= 4 is 28.6 Å². The van der Waals surface area contributed by atoms with Gasteiger partial charge in [0.05, 0.1) is 22.1 Å². The highest BCUT2D eigenvalue weighted by Gasteiger charge is 2.11. The Morgan fingerprint density at radius 2 is 2.30 bits per heavy atom. The monoisotopic (exact) mass is 306 g/mol. The highest BCUT2D eigenvalue weighted by Crippen LogP contribution is 2.29. The minimum absolute atomic E-state index is 0.908. The van der Waals surface area contributed by atoms with Gasteiger partial charge in [-0.05, 0) is 25.5 Å². The molecule has 3 rings (SSSR count). The second kappa shape index (κ2) is 5.93. The molecular formula is C14H18N4S2. The quantitative estimate of drug-likeness (QED) is 0.944. The van der Waals surface area contributed by atoms with Gasteiger partial charge in [0, 0.05) is 30.4 Å². The first-order chi connectivity index (χ1) is 9.72. The van der Waals surface area contributed by atoms with Crippen LogP contribution in [0.4, 0.5) is 0 Å². The Bertz CT molecular complexity index is 614. The Kier molecular flexibility index (Phi) is 4.03. The summed E-state index contributed by atoms with van der Waals surface area (Å²) in [5.74, 6) is 1.02. The predicted molar refractivity (Wildman–Crippen MR) is 86.8 cm³/mol. The third-order valence-electron chi connectivity index (χ3n) is 3.25. The zero-order valence-corrected chi connectivity index (χ0v) is 13.4. The van der Waals surface area contributed by atoms with E-state index in [4.69, 9.17) is 0 Å².